The zero-order valence-electron chi connectivity index (χ0n) is 16.5. The first-order chi connectivity index (χ1) is 13.1. The summed E-state index contributed by atoms with van der Waals surface area (Å²) in [7, 11) is 1.67. The number of carbonyl (C=O) groups is 2. The standard InChI is InChI=1S/C20H23N5O3/c1-11-9-14(15-16(21-11)25(5)24-18(15)27)17(26)22-12-7-6-8-13(10-12)23-19(28)20(2,3)4/h6-10H,1-5H3,(H,22,26)(H,23,28)(H,24,27). The van der Waals surface area contributed by atoms with Crippen LogP contribution in [-0.2, 0) is 11.8 Å². The molecular weight excluding hydrogens is 358 g/mol. The topological polar surface area (TPSA) is 109 Å². The number of fused-ring (bicyclic) bond motifs is 1. The highest BCUT2D eigenvalue weighted by atomic mass is 16.2. The van der Waals surface area contributed by atoms with E-state index in [2.05, 4.69) is 20.7 Å². The van der Waals surface area contributed by atoms with Gasteiger partial charge in [-0.1, -0.05) is 26.8 Å². The number of aryl methyl sites for hydroxylation is 2. The molecule has 0 fully saturated rings. The molecular formula is C20H23N5O3. The summed E-state index contributed by atoms with van der Waals surface area (Å²) in [5.41, 5.74) is 1.46. The largest absolute Gasteiger partial charge is 0.326 e. The first-order valence-corrected chi connectivity index (χ1v) is 8.85. The van der Waals surface area contributed by atoms with Crippen molar-refractivity contribution < 1.29 is 9.59 Å². The Morgan fingerprint density at radius 3 is 2.39 bits per heavy atom. The average Bonchev–Trinajstić information content (AvgIpc) is 2.87. The molecule has 3 N–H and O–H groups in total. The van der Waals surface area contributed by atoms with Crippen LogP contribution in [0, 0.1) is 12.3 Å². The number of nitrogens with zero attached hydrogens (tertiary/aromatic N) is 2. The van der Waals surface area contributed by atoms with Crippen molar-refractivity contribution in [3.05, 3.63) is 51.9 Å². The van der Waals surface area contributed by atoms with Gasteiger partial charge in [0.05, 0.1) is 10.9 Å². The zero-order valence-corrected chi connectivity index (χ0v) is 16.5. The molecule has 0 saturated heterocycles. The maximum absolute atomic E-state index is 12.8. The van der Waals surface area contributed by atoms with E-state index in [0.29, 0.717) is 22.7 Å². The van der Waals surface area contributed by atoms with E-state index in [1.54, 1.807) is 44.3 Å². The van der Waals surface area contributed by atoms with Gasteiger partial charge in [-0.2, -0.15) is 0 Å². The minimum absolute atomic E-state index is 0.127. The molecule has 0 aliphatic carbocycles. The van der Waals surface area contributed by atoms with Gasteiger partial charge in [0.1, 0.15) is 0 Å². The molecule has 0 atom stereocenters. The number of amides is 2. The minimum atomic E-state index is -0.534. The summed E-state index contributed by atoms with van der Waals surface area (Å²) < 4.78 is 1.49. The fraction of sp³-hybridized carbons (Fsp3) is 0.300. The van der Waals surface area contributed by atoms with E-state index >= 15 is 0 Å². The van der Waals surface area contributed by atoms with Crippen LogP contribution in [0.25, 0.3) is 11.0 Å². The van der Waals surface area contributed by atoms with Crippen LogP contribution >= 0.6 is 0 Å². The minimum Gasteiger partial charge on any atom is -0.326 e. The third kappa shape index (κ3) is 3.80. The molecule has 1 aromatic carbocycles. The number of hydrogen-bond donors (Lipinski definition) is 3. The van der Waals surface area contributed by atoms with Crippen LogP contribution in [0.2, 0.25) is 0 Å². The Morgan fingerprint density at radius 1 is 1.11 bits per heavy atom. The second kappa shape index (κ2) is 6.95. The number of nitrogens with one attached hydrogen (secondary N) is 3. The molecule has 0 spiro atoms. The number of rotatable bonds is 3. The molecule has 0 unspecified atom stereocenters. The summed E-state index contributed by atoms with van der Waals surface area (Å²) in [5, 5.41) is 8.47. The number of H-pyrrole nitrogens is 1. The Hall–Kier alpha value is -3.42. The lowest BCUT2D eigenvalue weighted by Gasteiger charge is -2.18. The van der Waals surface area contributed by atoms with Gasteiger partial charge < -0.3 is 10.6 Å². The fourth-order valence-corrected chi connectivity index (χ4v) is 2.76. The van der Waals surface area contributed by atoms with Crippen molar-refractivity contribution in [3.8, 4) is 0 Å². The lowest BCUT2D eigenvalue weighted by Crippen LogP contribution is -2.27. The lowest BCUT2D eigenvalue weighted by atomic mass is 9.95. The van der Waals surface area contributed by atoms with Gasteiger partial charge in [-0.15, -0.1) is 0 Å². The average molecular weight is 381 g/mol. The van der Waals surface area contributed by atoms with E-state index in [-0.39, 0.29) is 22.4 Å². The summed E-state index contributed by atoms with van der Waals surface area (Å²) >= 11 is 0. The van der Waals surface area contributed by atoms with Crippen molar-refractivity contribution in [2.75, 3.05) is 10.6 Å². The van der Waals surface area contributed by atoms with Crippen LogP contribution in [-0.4, -0.2) is 26.6 Å². The van der Waals surface area contributed by atoms with Gasteiger partial charge in [0.25, 0.3) is 11.5 Å². The van der Waals surface area contributed by atoms with Crippen LogP contribution in [0.5, 0.6) is 0 Å². The highest BCUT2D eigenvalue weighted by Gasteiger charge is 2.21. The van der Waals surface area contributed by atoms with Gasteiger partial charge in [-0.05, 0) is 31.2 Å². The third-order valence-corrected chi connectivity index (χ3v) is 4.25. The highest BCUT2D eigenvalue weighted by Crippen LogP contribution is 2.21. The fourth-order valence-electron chi connectivity index (χ4n) is 2.76. The molecule has 3 rings (SSSR count). The number of benzene rings is 1. The van der Waals surface area contributed by atoms with Crippen LogP contribution in [0.1, 0.15) is 36.8 Å². The second-order valence-electron chi connectivity index (χ2n) is 7.75. The van der Waals surface area contributed by atoms with Crippen molar-refractivity contribution in [2.45, 2.75) is 27.7 Å². The van der Waals surface area contributed by atoms with Gasteiger partial charge in [-0.25, -0.2) is 4.98 Å². The van der Waals surface area contributed by atoms with Gasteiger partial charge in [0.15, 0.2) is 5.65 Å². The monoisotopic (exact) mass is 381 g/mol. The first-order valence-electron chi connectivity index (χ1n) is 8.85. The predicted octanol–water partition coefficient (Wildman–Crippen LogP) is 2.81. The zero-order chi connectivity index (χ0) is 20.6. The van der Waals surface area contributed by atoms with Crippen LogP contribution < -0.4 is 16.2 Å². The second-order valence-corrected chi connectivity index (χ2v) is 7.75. The van der Waals surface area contributed by atoms with Crippen molar-refractivity contribution in [2.24, 2.45) is 12.5 Å². The molecule has 8 nitrogen and oxygen atoms in total. The Bertz CT molecular complexity index is 1130. The summed E-state index contributed by atoms with van der Waals surface area (Å²) in [5.74, 6) is -0.551. The van der Waals surface area contributed by atoms with E-state index in [4.69, 9.17) is 0 Å². The van der Waals surface area contributed by atoms with Crippen molar-refractivity contribution in [3.63, 3.8) is 0 Å². The molecule has 0 aliphatic heterocycles. The predicted molar refractivity (Wildman–Crippen MR) is 109 cm³/mol. The maximum Gasteiger partial charge on any atom is 0.274 e. The highest BCUT2D eigenvalue weighted by molar-refractivity contribution is 6.12. The van der Waals surface area contributed by atoms with Crippen LogP contribution in [0.3, 0.4) is 0 Å². The van der Waals surface area contributed by atoms with Gasteiger partial charge in [0.2, 0.25) is 5.91 Å². The van der Waals surface area contributed by atoms with E-state index in [0.717, 1.165) is 0 Å². The Kier molecular flexibility index (Phi) is 4.80. The van der Waals surface area contributed by atoms with E-state index < -0.39 is 11.3 Å². The summed E-state index contributed by atoms with van der Waals surface area (Å²) in [6, 6.07) is 8.44. The number of carbonyl (C=O) groups excluding carboxylic acids is 2. The molecule has 28 heavy (non-hydrogen) atoms. The van der Waals surface area contributed by atoms with Gasteiger partial charge >= 0.3 is 0 Å². The molecule has 0 aliphatic rings. The van der Waals surface area contributed by atoms with Crippen molar-refractivity contribution >= 4 is 34.2 Å². The van der Waals surface area contributed by atoms with Gasteiger partial charge in [0, 0.05) is 29.5 Å². The summed E-state index contributed by atoms with van der Waals surface area (Å²) in [4.78, 5) is 41.5. The van der Waals surface area contributed by atoms with Crippen LogP contribution in [0.4, 0.5) is 11.4 Å². The maximum atomic E-state index is 12.8. The van der Waals surface area contributed by atoms with E-state index in [1.807, 2.05) is 20.8 Å². The number of anilines is 2. The SMILES string of the molecule is Cc1cc(C(=O)Nc2cccc(NC(=O)C(C)(C)C)c2)c2c(=O)[nH]n(C)c2n1. The Morgan fingerprint density at radius 2 is 1.75 bits per heavy atom. The molecule has 3 aromatic rings. The summed E-state index contributed by atoms with van der Waals surface area (Å²) in [6.07, 6.45) is 0. The van der Waals surface area contributed by atoms with Gasteiger partial charge in [-0.3, -0.25) is 24.2 Å². The van der Waals surface area contributed by atoms with E-state index in [9.17, 15) is 14.4 Å². The quantitative estimate of drug-likeness (QED) is 0.648. The van der Waals surface area contributed by atoms with Crippen molar-refractivity contribution in [1.29, 1.82) is 0 Å². The number of pyridine rings is 1. The molecule has 2 aromatic heterocycles. The molecule has 0 bridgehead atoms. The Balaban J connectivity index is 1.90. The number of aromatic amines is 1. The molecule has 2 amide bonds. The molecule has 0 saturated carbocycles. The lowest BCUT2D eigenvalue weighted by molar-refractivity contribution is -0.123. The Labute approximate surface area is 162 Å². The normalized spacial score (nSPS) is 11.5. The third-order valence-electron chi connectivity index (χ3n) is 4.25. The number of aromatic nitrogens is 3. The number of hydrogen-bond acceptors (Lipinski definition) is 4. The van der Waals surface area contributed by atoms with Crippen LogP contribution in [0.15, 0.2) is 35.1 Å². The molecule has 0 radical (unpaired) electrons. The smallest absolute Gasteiger partial charge is 0.274 e. The molecule has 8 heteroatoms. The van der Waals surface area contributed by atoms with Crippen molar-refractivity contribution in [1.82, 2.24) is 14.8 Å². The van der Waals surface area contributed by atoms with E-state index in [1.165, 1.54) is 4.68 Å². The molecule has 2 heterocycles. The molecule has 146 valence electrons. The summed E-state index contributed by atoms with van der Waals surface area (Å²) in [6.45, 7) is 7.23. The first kappa shape index (κ1) is 19.3.